The molecular weight excluding hydrogens is 426 g/mol. The topological polar surface area (TPSA) is 68.0 Å². The number of thioether (sulfide) groups is 1. The summed E-state index contributed by atoms with van der Waals surface area (Å²) in [6.45, 7) is 0. The molecule has 1 saturated carbocycles. The van der Waals surface area contributed by atoms with Gasteiger partial charge in [0, 0.05) is 5.39 Å². The Bertz CT molecular complexity index is 987. The largest absolute Gasteiger partial charge is 0.481 e. The molecule has 3 aromatic rings. The SMILES string of the molecule is O=C(O)CSc1nnc(Br)n1-c1c(Cl)cc(C2CC2)c2ccccc12. The van der Waals surface area contributed by atoms with Gasteiger partial charge in [0.15, 0.2) is 5.16 Å². The number of aliphatic carboxylic acids is 1. The number of hydrogen-bond acceptors (Lipinski definition) is 4. The Labute approximate surface area is 161 Å². The average Bonchev–Trinajstić information content (AvgIpc) is 3.37. The van der Waals surface area contributed by atoms with Crippen LogP contribution >= 0.6 is 39.3 Å². The van der Waals surface area contributed by atoms with Crippen LogP contribution in [0.25, 0.3) is 16.5 Å². The van der Waals surface area contributed by atoms with Gasteiger partial charge >= 0.3 is 5.97 Å². The third-order valence-electron chi connectivity index (χ3n) is 4.16. The summed E-state index contributed by atoms with van der Waals surface area (Å²) >= 11 is 11.2. The Kier molecular flexibility index (Phi) is 4.47. The summed E-state index contributed by atoms with van der Waals surface area (Å²) in [5, 5.41) is 20.4. The van der Waals surface area contributed by atoms with Gasteiger partial charge in [-0.25, -0.2) is 0 Å². The number of fused-ring (bicyclic) bond motifs is 1. The van der Waals surface area contributed by atoms with Crippen molar-refractivity contribution in [1.29, 1.82) is 0 Å². The predicted molar refractivity (Wildman–Crippen MR) is 102 cm³/mol. The molecule has 0 radical (unpaired) electrons. The van der Waals surface area contributed by atoms with Gasteiger partial charge in [-0.05, 0) is 51.7 Å². The second-order valence-electron chi connectivity index (χ2n) is 5.89. The molecule has 0 amide bonds. The predicted octanol–water partition coefficient (Wildman–Crippen LogP) is 4.89. The van der Waals surface area contributed by atoms with Crippen molar-refractivity contribution >= 4 is 56.0 Å². The highest BCUT2D eigenvalue weighted by Gasteiger charge is 2.28. The normalized spacial score (nSPS) is 14.2. The monoisotopic (exact) mass is 437 g/mol. The van der Waals surface area contributed by atoms with Gasteiger partial charge in [0.1, 0.15) is 0 Å². The van der Waals surface area contributed by atoms with E-state index in [2.05, 4.69) is 32.2 Å². The molecule has 1 N–H and O–H groups in total. The summed E-state index contributed by atoms with van der Waals surface area (Å²) < 4.78 is 2.27. The number of carbonyl (C=O) groups is 1. The molecule has 1 aliphatic carbocycles. The molecule has 5 nitrogen and oxygen atoms in total. The molecule has 0 bridgehead atoms. The van der Waals surface area contributed by atoms with Crippen molar-refractivity contribution in [3.05, 3.63) is 45.7 Å². The van der Waals surface area contributed by atoms with Crippen molar-refractivity contribution < 1.29 is 9.90 Å². The van der Waals surface area contributed by atoms with Crippen LogP contribution in [0.2, 0.25) is 5.02 Å². The van der Waals surface area contributed by atoms with Crippen LogP contribution < -0.4 is 0 Å². The van der Waals surface area contributed by atoms with Crippen LogP contribution in [0.5, 0.6) is 0 Å². The van der Waals surface area contributed by atoms with Crippen molar-refractivity contribution in [1.82, 2.24) is 14.8 Å². The maximum Gasteiger partial charge on any atom is 0.313 e. The maximum atomic E-state index is 10.9. The molecule has 128 valence electrons. The molecule has 8 heteroatoms. The summed E-state index contributed by atoms with van der Waals surface area (Å²) in [6, 6.07) is 10.1. The zero-order valence-corrected chi connectivity index (χ0v) is 16.1. The second-order valence-corrected chi connectivity index (χ2v) is 7.94. The zero-order valence-electron chi connectivity index (χ0n) is 12.9. The maximum absolute atomic E-state index is 10.9. The van der Waals surface area contributed by atoms with Crippen molar-refractivity contribution in [3.8, 4) is 5.69 Å². The van der Waals surface area contributed by atoms with Crippen LogP contribution in [-0.4, -0.2) is 31.6 Å². The van der Waals surface area contributed by atoms with Crippen LogP contribution in [0.3, 0.4) is 0 Å². The molecule has 1 fully saturated rings. The molecule has 1 aromatic heterocycles. The van der Waals surface area contributed by atoms with Crippen molar-refractivity contribution in [3.63, 3.8) is 0 Å². The number of aromatic nitrogens is 3. The summed E-state index contributed by atoms with van der Waals surface area (Å²) in [4.78, 5) is 10.9. The van der Waals surface area contributed by atoms with Crippen LogP contribution in [-0.2, 0) is 4.79 Å². The number of rotatable bonds is 5. The quantitative estimate of drug-likeness (QED) is 0.574. The van der Waals surface area contributed by atoms with Gasteiger partial charge in [-0.15, -0.1) is 10.2 Å². The summed E-state index contributed by atoms with van der Waals surface area (Å²) in [7, 11) is 0. The van der Waals surface area contributed by atoms with E-state index >= 15 is 0 Å². The minimum atomic E-state index is -0.907. The molecule has 4 rings (SSSR count). The second kappa shape index (κ2) is 6.63. The Morgan fingerprint density at radius 1 is 1.32 bits per heavy atom. The summed E-state index contributed by atoms with van der Waals surface area (Å²) in [5.41, 5.74) is 2.04. The highest BCUT2D eigenvalue weighted by Crippen LogP contribution is 2.46. The fourth-order valence-electron chi connectivity index (χ4n) is 2.97. The van der Waals surface area contributed by atoms with E-state index in [0.29, 0.717) is 20.8 Å². The van der Waals surface area contributed by atoms with Crippen molar-refractivity contribution in [2.24, 2.45) is 0 Å². The number of hydrogen-bond donors (Lipinski definition) is 1. The fourth-order valence-corrected chi connectivity index (χ4v) is 4.48. The van der Waals surface area contributed by atoms with E-state index in [-0.39, 0.29) is 5.75 Å². The lowest BCUT2D eigenvalue weighted by atomic mass is 9.99. The molecule has 25 heavy (non-hydrogen) atoms. The number of benzene rings is 2. The van der Waals surface area contributed by atoms with E-state index in [1.165, 1.54) is 23.8 Å². The number of carboxylic acid groups (broad SMARTS) is 1. The third kappa shape index (κ3) is 3.16. The van der Waals surface area contributed by atoms with Crippen molar-refractivity contribution in [2.45, 2.75) is 23.9 Å². The molecule has 0 aliphatic heterocycles. The highest BCUT2D eigenvalue weighted by atomic mass is 79.9. The Morgan fingerprint density at radius 3 is 2.72 bits per heavy atom. The van der Waals surface area contributed by atoms with Crippen molar-refractivity contribution in [2.75, 3.05) is 5.75 Å². The van der Waals surface area contributed by atoms with Gasteiger partial charge in [0.2, 0.25) is 4.73 Å². The molecule has 2 aromatic carbocycles. The minimum Gasteiger partial charge on any atom is -0.481 e. The molecule has 1 aliphatic rings. The van der Waals surface area contributed by atoms with Crippen LogP contribution in [0, 0.1) is 0 Å². The third-order valence-corrected chi connectivity index (χ3v) is 5.88. The molecule has 0 spiro atoms. The first kappa shape index (κ1) is 16.9. The minimum absolute atomic E-state index is 0.0964. The van der Waals surface area contributed by atoms with E-state index in [4.69, 9.17) is 16.7 Å². The van der Waals surface area contributed by atoms with Gasteiger partial charge in [-0.1, -0.05) is 47.6 Å². The Hall–Kier alpha value is -1.57. The lowest BCUT2D eigenvalue weighted by molar-refractivity contribution is -0.133. The van der Waals surface area contributed by atoms with Crippen LogP contribution in [0.4, 0.5) is 0 Å². The van der Waals surface area contributed by atoms with Gasteiger partial charge in [0.05, 0.1) is 16.5 Å². The van der Waals surface area contributed by atoms with Gasteiger partial charge in [0.25, 0.3) is 0 Å². The van der Waals surface area contributed by atoms with Gasteiger partial charge in [-0.3, -0.25) is 9.36 Å². The highest BCUT2D eigenvalue weighted by molar-refractivity contribution is 9.10. The first-order valence-corrected chi connectivity index (χ1v) is 9.89. The smallest absolute Gasteiger partial charge is 0.313 e. The van der Waals surface area contributed by atoms with Crippen LogP contribution in [0.15, 0.2) is 40.2 Å². The molecule has 0 atom stereocenters. The first-order chi connectivity index (χ1) is 12.1. The Balaban J connectivity index is 1.93. The number of nitrogens with zero attached hydrogens (tertiary/aromatic N) is 3. The van der Waals surface area contributed by atoms with Gasteiger partial charge in [-0.2, -0.15) is 0 Å². The Morgan fingerprint density at radius 2 is 2.04 bits per heavy atom. The standard InChI is InChI=1S/C17H13BrClN3O2S/c18-16-20-21-17(25-8-14(23)24)22(16)15-11-4-2-1-3-10(11)12(7-13(15)19)9-5-6-9/h1-4,7,9H,5-6,8H2,(H,23,24). The van der Waals surface area contributed by atoms with Crippen LogP contribution in [0.1, 0.15) is 24.3 Å². The first-order valence-electron chi connectivity index (χ1n) is 7.73. The van der Waals surface area contributed by atoms with E-state index in [9.17, 15) is 4.79 Å². The van der Waals surface area contributed by atoms with E-state index in [0.717, 1.165) is 22.8 Å². The molecular formula is C17H13BrClN3O2S. The molecule has 0 unspecified atom stereocenters. The average molecular weight is 439 g/mol. The van der Waals surface area contributed by atoms with E-state index in [1.807, 2.05) is 24.3 Å². The number of halogens is 2. The lowest BCUT2D eigenvalue weighted by Gasteiger charge is -2.15. The van der Waals surface area contributed by atoms with Gasteiger partial charge < -0.3 is 5.11 Å². The summed E-state index contributed by atoms with van der Waals surface area (Å²) in [6.07, 6.45) is 2.38. The fraction of sp³-hybridized carbons (Fsp3) is 0.235. The zero-order chi connectivity index (χ0) is 17.6. The summed E-state index contributed by atoms with van der Waals surface area (Å²) in [5.74, 6) is -0.432. The molecule has 1 heterocycles. The van der Waals surface area contributed by atoms with E-state index in [1.54, 1.807) is 4.57 Å². The lowest BCUT2D eigenvalue weighted by Crippen LogP contribution is -2.04. The van der Waals surface area contributed by atoms with E-state index < -0.39 is 5.97 Å². The number of carboxylic acids is 1. The molecule has 0 saturated heterocycles.